The molecule has 0 unspecified atom stereocenters. The Hall–Kier alpha value is -2.96. The summed E-state index contributed by atoms with van der Waals surface area (Å²) < 4.78 is 12.4. The zero-order valence-electron chi connectivity index (χ0n) is 17.0. The minimum Gasteiger partial charge on any atom is -0.497 e. The summed E-state index contributed by atoms with van der Waals surface area (Å²) in [6.45, 7) is 3.91. The molecule has 0 bridgehead atoms. The van der Waals surface area contributed by atoms with Gasteiger partial charge in [0.1, 0.15) is 11.5 Å². The highest BCUT2D eigenvalue weighted by molar-refractivity contribution is 6.43. The average Bonchev–Trinajstić information content (AvgIpc) is 3.02. The Balaban J connectivity index is 1.83. The molecule has 0 atom stereocenters. The van der Waals surface area contributed by atoms with Gasteiger partial charge in [-0.15, -0.1) is 0 Å². The number of hydrogen-bond donors (Lipinski definition) is 1. The van der Waals surface area contributed by atoms with Crippen molar-refractivity contribution in [3.05, 3.63) is 75.0 Å². The molecule has 0 spiro atoms. The third-order valence-corrected chi connectivity index (χ3v) is 5.47. The molecule has 156 valence electrons. The molecule has 1 amide bonds. The number of hydrazone groups is 1. The number of aromatic nitrogens is 1. The van der Waals surface area contributed by atoms with Gasteiger partial charge in [-0.3, -0.25) is 4.79 Å². The first-order valence-corrected chi connectivity index (χ1v) is 9.81. The number of aryl methyl sites for hydroxylation is 1. The van der Waals surface area contributed by atoms with Gasteiger partial charge in [-0.1, -0.05) is 29.3 Å². The number of ether oxygens (including phenoxy) is 2. The maximum absolute atomic E-state index is 12.5. The van der Waals surface area contributed by atoms with Crippen molar-refractivity contribution in [2.24, 2.45) is 5.10 Å². The summed E-state index contributed by atoms with van der Waals surface area (Å²) in [6.07, 6.45) is 1.59. The molecule has 8 heteroatoms. The minimum absolute atomic E-state index is 0.353. The van der Waals surface area contributed by atoms with Crippen LogP contribution in [0.3, 0.4) is 0 Å². The molecule has 2 aromatic carbocycles. The lowest BCUT2D eigenvalue weighted by atomic mass is 10.2. The summed E-state index contributed by atoms with van der Waals surface area (Å²) in [5.41, 5.74) is 6.38. The Labute approximate surface area is 185 Å². The molecule has 0 saturated carbocycles. The Bertz CT molecular complexity index is 1120. The van der Waals surface area contributed by atoms with Crippen LogP contribution in [0.2, 0.25) is 10.0 Å². The monoisotopic (exact) mass is 445 g/mol. The normalized spacial score (nSPS) is 11.0. The first kappa shape index (κ1) is 21.7. The van der Waals surface area contributed by atoms with Crippen molar-refractivity contribution in [1.82, 2.24) is 9.99 Å². The second-order valence-corrected chi connectivity index (χ2v) is 7.29. The highest BCUT2D eigenvalue weighted by Crippen LogP contribution is 2.31. The summed E-state index contributed by atoms with van der Waals surface area (Å²) in [7, 11) is 3.04. The number of halogens is 2. The molecular weight excluding hydrogens is 425 g/mol. The molecule has 0 saturated heterocycles. The predicted molar refractivity (Wildman–Crippen MR) is 120 cm³/mol. The average molecular weight is 446 g/mol. The predicted octanol–water partition coefficient (Wildman–Crippen LogP) is 5.18. The van der Waals surface area contributed by atoms with Gasteiger partial charge in [0, 0.05) is 23.0 Å². The topological polar surface area (TPSA) is 64.8 Å². The lowest BCUT2D eigenvalue weighted by molar-refractivity contribution is 0.0952. The van der Waals surface area contributed by atoms with Crippen molar-refractivity contribution in [1.29, 1.82) is 0 Å². The second-order valence-electron chi connectivity index (χ2n) is 6.50. The van der Waals surface area contributed by atoms with E-state index in [2.05, 4.69) is 10.5 Å². The van der Waals surface area contributed by atoms with E-state index in [0.717, 1.165) is 22.6 Å². The van der Waals surface area contributed by atoms with Gasteiger partial charge in [0.05, 0.1) is 41.7 Å². The van der Waals surface area contributed by atoms with Crippen LogP contribution in [0, 0.1) is 13.8 Å². The van der Waals surface area contributed by atoms with Crippen LogP contribution in [0.1, 0.15) is 27.3 Å². The zero-order valence-corrected chi connectivity index (χ0v) is 18.5. The molecule has 0 aliphatic carbocycles. The number of methoxy groups -OCH3 is 2. The lowest BCUT2D eigenvalue weighted by Crippen LogP contribution is -2.18. The van der Waals surface area contributed by atoms with E-state index in [1.54, 1.807) is 37.6 Å². The van der Waals surface area contributed by atoms with Crippen molar-refractivity contribution >= 4 is 35.3 Å². The smallest absolute Gasteiger partial charge is 0.275 e. The molecule has 0 aliphatic rings. The van der Waals surface area contributed by atoms with Gasteiger partial charge in [-0.25, -0.2) is 5.43 Å². The van der Waals surface area contributed by atoms with Gasteiger partial charge in [-0.2, -0.15) is 5.10 Å². The van der Waals surface area contributed by atoms with Crippen LogP contribution in [0.5, 0.6) is 11.5 Å². The molecule has 6 nitrogen and oxygen atoms in total. The zero-order chi connectivity index (χ0) is 21.8. The molecule has 1 aromatic heterocycles. The Morgan fingerprint density at radius 3 is 2.57 bits per heavy atom. The number of nitrogens with one attached hydrogen (secondary N) is 1. The van der Waals surface area contributed by atoms with E-state index in [0.29, 0.717) is 27.1 Å². The number of amides is 1. The van der Waals surface area contributed by atoms with Crippen LogP contribution in [0.15, 0.2) is 47.6 Å². The molecular formula is C22H21Cl2N3O3. The summed E-state index contributed by atoms with van der Waals surface area (Å²) in [5.74, 6) is 0.604. The van der Waals surface area contributed by atoms with Crippen LogP contribution in [0.25, 0.3) is 5.69 Å². The summed E-state index contributed by atoms with van der Waals surface area (Å²) in [4.78, 5) is 12.5. The first-order valence-electron chi connectivity index (χ1n) is 9.06. The SMILES string of the molecule is COc1ccc(C(=O)NN=Cc2cc(C)n(-c3cccc(Cl)c3Cl)c2C)c(OC)c1. The fourth-order valence-corrected chi connectivity index (χ4v) is 3.54. The van der Waals surface area contributed by atoms with Crippen molar-refractivity contribution in [3.8, 4) is 17.2 Å². The minimum atomic E-state index is -0.391. The van der Waals surface area contributed by atoms with Crippen molar-refractivity contribution in [2.45, 2.75) is 13.8 Å². The highest BCUT2D eigenvalue weighted by atomic mass is 35.5. The number of benzene rings is 2. The Morgan fingerprint density at radius 1 is 1.10 bits per heavy atom. The lowest BCUT2D eigenvalue weighted by Gasteiger charge is -2.12. The van der Waals surface area contributed by atoms with E-state index in [1.165, 1.54) is 7.11 Å². The Morgan fingerprint density at radius 2 is 1.87 bits per heavy atom. The van der Waals surface area contributed by atoms with Crippen LogP contribution in [-0.2, 0) is 0 Å². The first-order chi connectivity index (χ1) is 14.4. The van der Waals surface area contributed by atoms with E-state index in [1.807, 2.05) is 36.6 Å². The molecule has 3 aromatic rings. The maximum atomic E-state index is 12.5. The van der Waals surface area contributed by atoms with E-state index in [4.69, 9.17) is 32.7 Å². The molecule has 30 heavy (non-hydrogen) atoms. The van der Waals surface area contributed by atoms with Gasteiger partial charge in [0.15, 0.2) is 0 Å². The quantitative estimate of drug-likeness (QED) is 0.419. The maximum Gasteiger partial charge on any atom is 0.275 e. The largest absolute Gasteiger partial charge is 0.497 e. The van der Waals surface area contributed by atoms with Crippen molar-refractivity contribution in [2.75, 3.05) is 14.2 Å². The summed E-state index contributed by atoms with van der Waals surface area (Å²) in [6, 6.07) is 12.4. The van der Waals surface area contributed by atoms with Gasteiger partial charge in [0.2, 0.25) is 0 Å². The van der Waals surface area contributed by atoms with Crippen LogP contribution < -0.4 is 14.9 Å². The second kappa shape index (κ2) is 9.24. The van der Waals surface area contributed by atoms with E-state index >= 15 is 0 Å². The molecule has 1 heterocycles. The van der Waals surface area contributed by atoms with Gasteiger partial charge >= 0.3 is 0 Å². The number of carbonyl (C=O) groups excluding carboxylic acids is 1. The molecule has 3 rings (SSSR count). The summed E-state index contributed by atoms with van der Waals surface area (Å²) >= 11 is 12.5. The fourth-order valence-electron chi connectivity index (χ4n) is 3.16. The van der Waals surface area contributed by atoms with Crippen LogP contribution in [0.4, 0.5) is 0 Å². The Kier molecular flexibility index (Phi) is 6.70. The van der Waals surface area contributed by atoms with E-state index < -0.39 is 5.91 Å². The third kappa shape index (κ3) is 4.30. The number of nitrogens with zero attached hydrogens (tertiary/aromatic N) is 2. The van der Waals surface area contributed by atoms with Gasteiger partial charge < -0.3 is 14.0 Å². The third-order valence-electron chi connectivity index (χ3n) is 4.67. The van der Waals surface area contributed by atoms with Crippen LogP contribution >= 0.6 is 23.2 Å². The molecule has 0 aliphatic heterocycles. The molecule has 0 fully saturated rings. The van der Waals surface area contributed by atoms with Gasteiger partial charge in [-0.05, 0) is 44.2 Å². The number of hydrogen-bond acceptors (Lipinski definition) is 4. The summed E-state index contributed by atoms with van der Waals surface area (Å²) in [5, 5.41) is 5.06. The van der Waals surface area contributed by atoms with Gasteiger partial charge in [0.25, 0.3) is 5.91 Å². The van der Waals surface area contributed by atoms with E-state index in [9.17, 15) is 4.79 Å². The van der Waals surface area contributed by atoms with Crippen molar-refractivity contribution < 1.29 is 14.3 Å². The standard InChI is InChI=1S/C22H21Cl2N3O3/c1-13-10-15(14(2)27(13)19-7-5-6-18(23)21(19)24)12-25-26-22(28)17-9-8-16(29-3)11-20(17)30-4/h5-12H,1-4H3,(H,26,28). The number of rotatable bonds is 6. The highest BCUT2D eigenvalue weighted by Gasteiger charge is 2.15. The van der Waals surface area contributed by atoms with E-state index in [-0.39, 0.29) is 0 Å². The fraction of sp³-hybridized carbons (Fsp3) is 0.182. The molecule has 0 radical (unpaired) electrons. The van der Waals surface area contributed by atoms with Crippen molar-refractivity contribution in [3.63, 3.8) is 0 Å². The number of carbonyl (C=O) groups is 1. The molecule has 1 N–H and O–H groups in total. The van der Waals surface area contributed by atoms with Crippen LogP contribution in [-0.4, -0.2) is 30.9 Å².